The maximum atomic E-state index is 12.1. The largest absolute Gasteiger partial charge is 0.383 e. The molecule has 0 aliphatic heterocycles. The normalized spacial score (nSPS) is 11.0. The summed E-state index contributed by atoms with van der Waals surface area (Å²) in [5, 5.41) is 16.9. The molecule has 0 fully saturated rings. The van der Waals surface area contributed by atoms with Crippen molar-refractivity contribution in [3.63, 3.8) is 0 Å². The van der Waals surface area contributed by atoms with E-state index in [1.54, 1.807) is 12.1 Å². The molecule has 0 bridgehead atoms. The van der Waals surface area contributed by atoms with Gasteiger partial charge in [-0.05, 0) is 38.0 Å². The second kappa shape index (κ2) is 8.28. The number of hydrogen-bond acceptors (Lipinski definition) is 4. The number of nitro groups is 1. The molecule has 0 saturated carbocycles. The van der Waals surface area contributed by atoms with Gasteiger partial charge in [-0.25, -0.2) is 0 Å². The Hall–Kier alpha value is -2.89. The molecular weight excluding hydrogens is 318 g/mol. The first kappa shape index (κ1) is 18.4. The molecule has 0 saturated heterocycles. The predicted molar refractivity (Wildman–Crippen MR) is 98.6 cm³/mol. The molecule has 2 rings (SSSR count). The maximum Gasteiger partial charge on any atom is 0.269 e. The van der Waals surface area contributed by atoms with Crippen LogP contribution in [0.4, 0.5) is 11.4 Å². The number of nitro benzene ring substituents is 1. The molecule has 2 aromatic carbocycles. The minimum Gasteiger partial charge on any atom is -0.383 e. The molecule has 25 heavy (non-hydrogen) atoms. The van der Waals surface area contributed by atoms with Crippen LogP contribution in [0.25, 0.3) is 0 Å². The third-order valence-corrected chi connectivity index (χ3v) is 3.77. The summed E-state index contributed by atoms with van der Waals surface area (Å²) in [4.78, 5) is 22.4. The number of benzene rings is 2. The van der Waals surface area contributed by atoms with Gasteiger partial charge in [-0.15, -0.1) is 0 Å². The summed E-state index contributed by atoms with van der Waals surface area (Å²) in [6.45, 7) is 4.39. The number of non-ortho nitro benzene ring substituents is 1. The first-order valence-corrected chi connectivity index (χ1v) is 8.19. The van der Waals surface area contributed by atoms with Gasteiger partial charge in [0.05, 0.1) is 10.5 Å². The average Bonchev–Trinajstić information content (AvgIpc) is 2.59. The van der Waals surface area contributed by atoms with Crippen molar-refractivity contribution in [1.29, 1.82) is 0 Å². The lowest BCUT2D eigenvalue weighted by molar-refractivity contribution is -0.384. The summed E-state index contributed by atoms with van der Waals surface area (Å²) in [6, 6.07) is 16.1. The van der Waals surface area contributed by atoms with Crippen LogP contribution in [0.2, 0.25) is 0 Å². The number of carbonyl (C=O) groups excluding carboxylic acids is 1. The highest BCUT2D eigenvalue weighted by Gasteiger charge is 2.20. The fourth-order valence-electron chi connectivity index (χ4n) is 2.41. The summed E-state index contributed by atoms with van der Waals surface area (Å²) >= 11 is 0. The van der Waals surface area contributed by atoms with Crippen LogP contribution in [0, 0.1) is 10.1 Å². The lowest BCUT2D eigenvalue weighted by atomic mass is 10.0. The fourth-order valence-corrected chi connectivity index (χ4v) is 2.41. The van der Waals surface area contributed by atoms with Gasteiger partial charge in [0.15, 0.2) is 0 Å². The van der Waals surface area contributed by atoms with Crippen molar-refractivity contribution < 1.29 is 9.72 Å². The van der Waals surface area contributed by atoms with Crippen molar-refractivity contribution in [2.75, 3.05) is 11.9 Å². The van der Waals surface area contributed by atoms with Crippen molar-refractivity contribution in [3.05, 3.63) is 70.3 Å². The molecule has 2 N–H and O–H groups in total. The molecular formula is C19H23N3O3. The van der Waals surface area contributed by atoms with Crippen LogP contribution in [0.15, 0.2) is 54.6 Å². The Morgan fingerprint density at radius 1 is 1.08 bits per heavy atom. The molecule has 0 heterocycles. The van der Waals surface area contributed by atoms with Gasteiger partial charge in [-0.2, -0.15) is 0 Å². The zero-order chi connectivity index (χ0) is 18.3. The standard InChI is InChI=1S/C19H23N3O3/c1-19(2,14-20-16-9-11-17(12-10-16)22(24)25)21-18(23)13-8-15-6-4-3-5-7-15/h3-7,9-12,20H,8,13-14H2,1-2H3,(H,21,23). The number of nitrogens with zero attached hydrogens (tertiary/aromatic N) is 1. The third kappa shape index (κ3) is 6.25. The molecule has 2 aromatic rings. The van der Waals surface area contributed by atoms with E-state index in [4.69, 9.17) is 0 Å². The maximum absolute atomic E-state index is 12.1. The van der Waals surface area contributed by atoms with Crippen LogP contribution in [0.5, 0.6) is 0 Å². The summed E-state index contributed by atoms with van der Waals surface area (Å²) < 4.78 is 0. The Morgan fingerprint density at radius 3 is 2.32 bits per heavy atom. The van der Waals surface area contributed by atoms with Crippen LogP contribution in [-0.2, 0) is 11.2 Å². The van der Waals surface area contributed by atoms with E-state index in [0.717, 1.165) is 11.3 Å². The van der Waals surface area contributed by atoms with Crippen LogP contribution < -0.4 is 10.6 Å². The zero-order valence-electron chi connectivity index (χ0n) is 14.5. The predicted octanol–water partition coefficient (Wildman–Crippen LogP) is 3.53. The second-order valence-electron chi connectivity index (χ2n) is 6.58. The molecule has 132 valence electrons. The minimum atomic E-state index is -0.435. The Balaban J connectivity index is 1.80. The fraction of sp³-hybridized carbons (Fsp3) is 0.316. The Morgan fingerprint density at radius 2 is 1.72 bits per heavy atom. The molecule has 0 aliphatic carbocycles. The van der Waals surface area contributed by atoms with Gasteiger partial charge in [-0.1, -0.05) is 30.3 Å². The minimum absolute atomic E-state index is 0.000599. The summed E-state index contributed by atoms with van der Waals surface area (Å²) in [6.07, 6.45) is 1.14. The quantitative estimate of drug-likeness (QED) is 0.568. The van der Waals surface area contributed by atoms with Gasteiger partial charge < -0.3 is 10.6 Å². The molecule has 6 heteroatoms. The van der Waals surface area contributed by atoms with Gasteiger partial charge in [-0.3, -0.25) is 14.9 Å². The molecule has 0 unspecified atom stereocenters. The van der Waals surface area contributed by atoms with E-state index in [1.807, 2.05) is 44.2 Å². The van der Waals surface area contributed by atoms with Gasteiger partial charge >= 0.3 is 0 Å². The van der Waals surface area contributed by atoms with Crippen molar-refractivity contribution >= 4 is 17.3 Å². The number of nitrogens with one attached hydrogen (secondary N) is 2. The summed E-state index contributed by atoms with van der Waals surface area (Å²) in [5.74, 6) is -0.000599. The van der Waals surface area contributed by atoms with Crippen LogP contribution in [-0.4, -0.2) is 22.9 Å². The van der Waals surface area contributed by atoms with E-state index in [2.05, 4.69) is 10.6 Å². The highest BCUT2D eigenvalue weighted by atomic mass is 16.6. The Kier molecular flexibility index (Phi) is 6.11. The topological polar surface area (TPSA) is 84.3 Å². The van der Waals surface area contributed by atoms with E-state index in [0.29, 0.717) is 19.4 Å². The number of anilines is 1. The molecule has 1 amide bonds. The number of hydrogen-bond donors (Lipinski definition) is 2. The summed E-state index contributed by atoms with van der Waals surface area (Å²) in [5.41, 5.74) is 1.53. The van der Waals surface area contributed by atoms with Gasteiger partial charge in [0.1, 0.15) is 0 Å². The van der Waals surface area contributed by atoms with E-state index in [-0.39, 0.29) is 11.6 Å². The number of aryl methyl sites for hydroxylation is 1. The highest BCUT2D eigenvalue weighted by molar-refractivity contribution is 5.77. The smallest absolute Gasteiger partial charge is 0.269 e. The van der Waals surface area contributed by atoms with Gasteiger partial charge in [0, 0.05) is 30.8 Å². The molecule has 0 radical (unpaired) electrons. The van der Waals surface area contributed by atoms with Gasteiger partial charge in [0.25, 0.3) is 5.69 Å². The monoisotopic (exact) mass is 341 g/mol. The van der Waals surface area contributed by atoms with E-state index in [9.17, 15) is 14.9 Å². The molecule has 0 spiro atoms. The third-order valence-electron chi connectivity index (χ3n) is 3.77. The Labute approximate surface area is 147 Å². The highest BCUT2D eigenvalue weighted by Crippen LogP contribution is 2.16. The second-order valence-corrected chi connectivity index (χ2v) is 6.58. The Bertz CT molecular complexity index is 712. The van der Waals surface area contributed by atoms with Crippen LogP contribution in [0.1, 0.15) is 25.8 Å². The summed E-state index contributed by atoms with van der Waals surface area (Å²) in [7, 11) is 0. The van der Waals surface area contributed by atoms with Crippen molar-refractivity contribution in [3.8, 4) is 0 Å². The van der Waals surface area contributed by atoms with Crippen molar-refractivity contribution in [2.24, 2.45) is 0 Å². The molecule has 0 atom stereocenters. The first-order valence-electron chi connectivity index (χ1n) is 8.19. The lowest BCUT2D eigenvalue weighted by Gasteiger charge is -2.27. The number of rotatable bonds is 8. The molecule has 0 aromatic heterocycles. The molecule has 0 aliphatic rings. The van der Waals surface area contributed by atoms with E-state index in [1.165, 1.54) is 12.1 Å². The average molecular weight is 341 g/mol. The van der Waals surface area contributed by atoms with Crippen molar-refractivity contribution in [1.82, 2.24) is 5.32 Å². The number of carbonyl (C=O) groups is 1. The molecule has 6 nitrogen and oxygen atoms in total. The van der Waals surface area contributed by atoms with E-state index < -0.39 is 10.5 Å². The van der Waals surface area contributed by atoms with Crippen LogP contribution in [0.3, 0.4) is 0 Å². The first-order chi connectivity index (χ1) is 11.9. The van der Waals surface area contributed by atoms with E-state index >= 15 is 0 Å². The number of amides is 1. The van der Waals surface area contributed by atoms with Crippen molar-refractivity contribution in [2.45, 2.75) is 32.2 Å². The zero-order valence-corrected chi connectivity index (χ0v) is 14.5. The van der Waals surface area contributed by atoms with Gasteiger partial charge in [0.2, 0.25) is 5.91 Å². The lowest BCUT2D eigenvalue weighted by Crippen LogP contribution is -2.48. The van der Waals surface area contributed by atoms with Crippen LogP contribution >= 0.6 is 0 Å². The SMILES string of the molecule is CC(C)(CNc1ccc([N+](=O)[O-])cc1)NC(=O)CCc1ccccc1.